The molecule has 3 aliphatic rings. The van der Waals surface area contributed by atoms with E-state index < -0.39 is 0 Å². The standard InChI is InChI=1S/C13H25N3.2C2H6/c1-9-13(15(2)3)16-8-7-10-5-4-6-11(10)12(16)14-9;2*1-2/h9-14H,4-8H2,1-3H3;2*1-2H3. The number of fused-ring (bicyclic) bond motifs is 3. The minimum Gasteiger partial charge on any atom is -0.296 e. The maximum atomic E-state index is 3.84. The minimum atomic E-state index is 0.603. The predicted molar refractivity (Wildman–Crippen MR) is 88.7 cm³/mol. The molecule has 1 N–H and O–H groups in total. The number of hydrogen-bond donors (Lipinski definition) is 1. The van der Waals surface area contributed by atoms with Gasteiger partial charge in [0.05, 0.1) is 12.3 Å². The maximum Gasteiger partial charge on any atom is 0.0785 e. The summed E-state index contributed by atoms with van der Waals surface area (Å²) in [6.07, 6.45) is 7.10. The third-order valence-electron chi connectivity index (χ3n) is 4.99. The van der Waals surface area contributed by atoms with Gasteiger partial charge in [0, 0.05) is 12.6 Å². The van der Waals surface area contributed by atoms with E-state index in [-0.39, 0.29) is 0 Å². The molecule has 0 amide bonds. The summed E-state index contributed by atoms with van der Waals surface area (Å²) in [4.78, 5) is 5.10. The van der Waals surface area contributed by atoms with E-state index in [9.17, 15) is 0 Å². The first kappa shape index (κ1) is 17.9. The van der Waals surface area contributed by atoms with Gasteiger partial charge in [-0.1, -0.05) is 40.5 Å². The number of hydrogen-bond acceptors (Lipinski definition) is 3. The van der Waals surface area contributed by atoms with Crippen molar-refractivity contribution in [3.63, 3.8) is 0 Å². The van der Waals surface area contributed by atoms with E-state index in [0.717, 1.165) is 11.8 Å². The van der Waals surface area contributed by atoms with Crippen molar-refractivity contribution in [3.8, 4) is 0 Å². The van der Waals surface area contributed by atoms with E-state index in [2.05, 4.69) is 36.1 Å². The molecule has 1 aliphatic carbocycles. The van der Waals surface area contributed by atoms with E-state index in [1.54, 1.807) is 0 Å². The molecule has 3 nitrogen and oxygen atoms in total. The Labute approximate surface area is 127 Å². The van der Waals surface area contributed by atoms with Gasteiger partial charge in [0.2, 0.25) is 0 Å². The van der Waals surface area contributed by atoms with Crippen molar-refractivity contribution in [2.75, 3.05) is 20.6 Å². The summed E-state index contributed by atoms with van der Waals surface area (Å²) in [5.74, 6) is 1.95. The Morgan fingerprint density at radius 3 is 2.25 bits per heavy atom. The molecule has 0 radical (unpaired) electrons. The monoisotopic (exact) mass is 283 g/mol. The quantitative estimate of drug-likeness (QED) is 0.796. The highest BCUT2D eigenvalue weighted by molar-refractivity contribution is 5.01. The summed E-state index contributed by atoms with van der Waals surface area (Å²) >= 11 is 0. The molecule has 5 unspecified atom stereocenters. The molecule has 3 rings (SSSR count). The lowest BCUT2D eigenvalue weighted by molar-refractivity contribution is 0.0161. The van der Waals surface area contributed by atoms with Gasteiger partial charge >= 0.3 is 0 Å². The van der Waals surface area contributed by atoms with Crippen LogP contribution < -0.4 is 5.32 Å². The van der Waals surface area contributed by atoms with Crippen LogP contribution in [0.4, 0.5) is 0 Å². The van der Waals surface area contributed by atoms with Crippen LogP contribution in [-0.2, 0) is 0 Å². The van der Waals surface area contributed by atoms with Gasteiger partial charge in [-0.3, -0.25) is 15.1 Å². The van der Waals surface area contributed by atoms with E-state index in [0.29, 0.717) is 18.4 Å². The van der Waals surface area contributed by atoms with Crippen molar-refractivity contribution in [2.45, 2.75) is 78.7 Å². The summed E-state index contributed by atoms with van der Waals surface area (Å²) in [7, 11) is 4.43. The summed E-state index contributed by atoms with van der Waals surface area (Å²) in [6.45, 7) is 11.6. The average Bonchev–Trinajstić information content (AvgIpc) is 3.05. The van der Waals surface area contributed by atoms with Crippen LogP contribution in [0.1, 0.15) is 60.3 Å². The van der Waals surface area contributed by atoms with E-state index in [4.69, 9.17) is 0 Å². The van der Waals surface area contributed by atoms with Crippen LogP contribution in [0.2, 0.25) is 0 Å². The summed E-state index contributed by atoms with van der Waals surface area (Å²) in [5.41, 5.74) is 0. The smallest absolute Gasteiger partial charge is 0.0785 e. The Balaban J connectivity index is 0.000000461. The first-order valence-electron chi connectivity index (χ1n) is 8.86. The highest BCUT2D eigenvalue weighted by Gasteiger charge is 2.48. The van der Waals surface area contributed by atoms with Gasteiger partial charge in [0.25, 0.3) is 0 Å². The van der Waals surface area contributed by atoms with Gasteiger partial charge < -0.3 is 0 Å². The fourth-order valence-corrected chi connectivity index (χ4v) is 4.44. The highest BCUT2D eigenvalue weighted by atomic mass is 15.5. The Morgan fingerprint density at radius 1 is 1.00 bits per heavy atom. The Kier molecular flexibility index (Phi) is 7.49. The molecule has 0 aromatic carbocycles. The van der Waals surface area contributed by atoms with Crippen molar-refractivity contribution in [1.29, 1.82) is 0 Å². The maximum absolute atomic E-state index is 3.84. The lowest BCUT2D eigenvalue weighted by Gasteiger charge is -2.42. The van der Waals surface area contributed by atoms with E-state index in [1.807, 2.05) is 27.7 Å². The van der Waals surface area contributed by atoms with E-state index >= 15 is 0 Å². The summed E-state index contributed by atoms with van der Waals surface area (Å²) in [5, 5.41) is 3.84. The molecule has 2 aliphatic heterocycles. The molecule has 1 saturated carbocycles. The molecule has 3 fully saturated rings. The SMILES string of the molecule is CC.CC.CC1NC2C3CCCC3CCN2C1N(C)C. The zero-order valence-corrected chi connectivity index (χ0v) is 14.8. The van der Waals surface area contributed by atoms with Gasteiger partial charge in [0.1, 0.15) is 0 Å². The molecule has 0 bridgehead atoms. The molecule has 0 aromatic heterocycles. The third-order valence-corrected chi connectivity index (χ3v) is 4.99. The summed E-state index contributed by atoms with van der Waals surface area (Å²) in [6, 6.07) is 0.611. The van der Waals surface area contributed by atoms with Crippen LogP contribution in [0.25, 0.3) is 0 Å². The van der Waals surface area contributed by atoms with Gasteiger partial charge in [0.15, 0.2) is 0 Å². The molecule has 0 aromatic rings. The van der Waals surface area contributed by atoms with Gasteiger partial charge in [-0.25, -0.2) is 0 Å². The first-order chi connectivity index (χ1) is 9.68. The molecule has 2 saturated heterocycles. The van der Waals surface area contributed by atoms with Crippen molar-refractivity contribution >= 4 is 0 Å². The van der Waals surface area contributed by atoms with Crippen molar-refractivity contribution < 1.29 is 0 Å². The molecule has 5 atom stereocenters. The number of likely N-dealkylation sites (N-methyl/N-ethyl adjacent to an activating group) is 1. The zero-order chi connectivity index (χ0) is 15.3. The van der Waals surface area contributed by atoms with Crippen LogP contribution in [0.3, 0.4) is 0 Å². The van der Waals surface area contributed by atoms with Crippen LogP contribution >= 0.6 is 0 Å². The second-order valence-corrected chi connectivity index (χ2v) is 6.16. The Hall–Kier alpha value is -0.120. The minimum absolute atomic E-state index is 0.603. The number of nitrogens with zero attached hydrogens (tertiary/aromatic N) is 2. The van der Waals surface area contributed by atoms with Crippen LogP contribution in [0.5, 0.6) is 0 Å². The van der Waals surface area contributed by atoms with Gasteiger partial charge in [-0.15, -0.1) is 0 Å². The predicted octanol–water partition coefficient (Wildman–Crippen LogP) is 3.37. The molecular weight excluding hydrogens is 246 g/mol. The Morgan fingerprint density at radius 2 is 1.65 bits per heavy atom. The van der Waals surface area contributed by atoms with Crippen molar-refractivity contribution in [3.05, 3.63) is 0 Å². The Bertz CT molecular complexity index is 267. The van der Waals surface area contributed by atoms with Crippen LogP contribution in [0, 0.1) is 11.8 Å². The zero-order valence-electron chi connectivity index (χ0n) is 14.8. The normalized spacial score (nSPS) is 39.3. The van der Waals surface area contributed by atoms with Crippen molar-refractivity contribution in [2.24, 2.45) is 11.8 Å². The lowest BCUT2D eigenvalue weighted by atomic mass is 9.86. The summed E-state index contributed by atoms with van der Waals surface area (Å²) < 4.78 is 0. The second kappa shape index (κ2) is 8.35. The van der Waals surface area contributed by atoms with Crippen LogP contribution in [0.15, 0.2) is 0 Å². The highest BCUT2D eigenvalue weighted by Crippen LogP contribution is 2.43. The third kappa shape index (κ3) is 3.37. The fourth-order valence-electron chi connectivity index (χ4n) is 4.44. The number of rotatable bonds is 1. The van der Waals surface area contributed by atoms with Crippen LogP contribution in [-0.4, -0.2) is 48.8 Å². The number of piperidine rings is 1. The topological polar surface area (TPSA) is 18.5 Å². The average molecular weight is 284 g/mol. The van der Waals surface area contributed by atoms with Gasteiger partial charge in [-0.05, 0) is 45.7 Å². The molecule has 20 heavy (non-hydrogen) atoms. The molecule has 2 heterocycles. The first-order valence-corrected chi connectivity index (χ1v) is 8.86. The fraction of sp³-hybridized carbons (Fsp3) is 1.00. The molecular formula is C17H37N3. The largest absolute Gasteiger partial charge is 0.296 e. The second-order valence-electron chi connectivity index (χ2n) is 6.16. The molecule has 120 valence electrons. The number of nitrogens with one attached hydrogen (secondary N) is 1. The molecule has 3 heteroatoms. The van der Waals surface area contributed by atoms with Crippen molar-refractivity contribution in [1.82, 2.24) is 15.1 Å². The van der Waals surface area contributed by atoms with E-state index in [1.165, 1.54) is 32.2 Å². The lowest BCUT2D eigenvalue weighted by Crippen LogP contribution is -2.53. The van der Waals surface area contributed by atoms with Gasteiger partial charge in [-0.2, -0.15) is 0 Å². The molecule has 0 spiro atoms.